The van der Waals surface area contributed by atoms with Crippen LogP contribution in [0.5, 0.6) is 0 Å². The minimum absolute atomic E-state index is 0.183. The molecule has 4 heteroatoms. The minimum Gasteiger partial charge on any atom is -0.481 e. The normalized spacial score (nSPS) is 24.9. The fraction of sp³-hybridized carbons (Fsp3) is 0.533. The summed E-state index contributed by atoms with van der Waals surface area (Å²) in [6.45, 7) is 0.520. The Morgan fingerprint density at radius 1 is 1.21 bits per heavy atom. The third-order valence-corrected chi connectivity index (χ3v) is 3.86. The Kier molecular flexibility index (Phi) is 4.93. The predicted octanol–water partition coefficient (Wildman–Crippen LogP) is 1.95. The quantitative estimate of drug-likeness (QED) is 0.759. The first-order valence-electron chi connectivity index (χ1n) is 6.86. The number of hydrogen-bond donors (Lipinski definition) is 3. The highest BCUT2D eigenvalue weighted by atomic mass is 16.4. The number of aliphatic hydroxyl groups is 1. The first kappa shape index (κ1) is 14.0. The van der Waals surface area contributed by atoms with E-state index in [0.717, 1.165) is 31.2 Å². The molecule has 1 unspecified atom stereocenters. The van der Waals surface area contributed by atoms with Crippen molar-refractivity contribution < 1.29 is 15.0 Å². The second-order valence-electron chi connectivity index (χ2n) is 5.22. The lowest BCUT2D eigenvalue weighted by Crippen LogP contribution is -2.37. The van der Waals surface area contributed by atoms with E-state index in [2.05, 4.69) is 5.32 Å². The van der Waals surface area contributed by atoms with Crippen molar-refractivity contribution in [1.29, 1.82) is 0 Å². The molecule has 104 valence electrons. The van der Waals surface area contributed by atoms with Gasteiger partial charge in [-0.15, -0.1) is 0 Å². The summed E-state index contributed by atoms with van der Waals surface area (Å²) in [5.41, 5.74) is 0.911. The number of aliphatic hydroxyl groups excluding tert-OH is 1. The standard InChI is InChI=1S/C15H21NO3/c17-14(11-4-2-1-3-5-11)10-16-13-8-6-12(7-9-13)15(18)19/h1-5,12-14,16-17H,6-10H2,(H,18,19). The Labute approximate surface area is 113 Å². The molecule has 1 aromatic rings. The Hall–Kier alpha value is -1.39. The number of carboxylic acids is 1. The summed E-state index contributed by atoms with van der Waals surface area (Å²) in [6, 6.07) is 9.90. The van der Waals surface area contributed by atoms with Crippen molar-refractivity contribution in [2.24, 2.45) is 5.92 Å². The van der Waals surface area contributed by atoms with Gasteiger partial charge < -0.3 is 15.5 Å². The Morgan fingerprint density at radius 2 is 1.84 bits per heavy atom. The molecule has 19 heavy (non-hydrogen) atoms. The van der Waals surface area contributed by atoms with Gasteiger partial charge in [-0.1, -0.05) is 30.3 Å². The van der Waals surface area contributed by atoms with E-state index in [1.165, 1.54) is 0 Å². The first-order valence-corrected chi connectivity index (χ1v) is 6.86. The molecular formula is C15H21NO3. The highest BCUT2D eigenvalue weighted by Crippen LogP contribution is 2.24. The molecule has 1 saturated carbocycles. The number of carboxylic acid groups (broad SMARTS) is 1. The molecule has 0 aliphatic heterocycles. The van der Waals surface area contributed by atoms with Gasteiger partial charge >= 0.3 is 5.97 Å². The molecule has 4 nitrogen and oxygen atoms in total. The number of nitrogens with one attached hydrogen (secondary N) is 1. The molecule has 3 N–H and O–H groups in total. The molecule has 1 aliphatic rings. The zero-order chi connectivity index (χ0) is 13.7. The summed E-state index contributed by atoms with van der Waals surface area (Å²) in [4.78, 5) is 10.9. The van der Waals surface area contributed by atoms with Gasteiger partial charge in [0.15, 0.2) is 0 Å². The van der Waals surface area contributed by atoms with Crippen molar-refractivity contribution in [1.82, 2.24) is 5.32 Å². The second kappa shape index (κ2) is 6.68. The van der Waals surface area contributed by atoms with E-state index in [9.17, 15) is 9.90 Å². The van der Waals surface area contributed by atoms with Crippen molar-refractivity contribution in [2.75, 3.05) is 6.54 Å². The smallest absolute Gasteiger partial charge is 0.306 e. The van der Waals surface area contributed by atoms with Gasteiger partial charge in [0.1, 0.15) is 0 Å². The topological polar surface area (TPSA) is 69.6 Å². The average molecular weight is 263 g/mol. The molecule has 0 amide bonds. The molecule has 0 bridgehead atoms. The van der Waals surface area contributed by atoms with Gasteiger partial charge in [0.25, 0.3) is 0 Å². The maximum atomic E-state index is 10.9. The van der Waals surface area contributed by atoms with Crippen LogP contribution in [0.25, 0.3) is 0 Å². The van der Waals surface area contributed by atoms with Gasteiger partial charge in [0.2, 0.25) is 0 Å². The third-order valence-electron chi connectivity index (χ3n) is 3.86. The largest absolute Gasteiger partial charge is 0.481 e. The molecule has 0 heterocycles. The van der Waals surface area contributed by atoms with Crippen LogP contribution in [0.15, 0.2) is 30.3 Å². The van der Waals surface area contributed by atoms with E-state index in [-0.39, 0.29) is 5.92 Å². The highest BCUT2D eigenvalue weighted by Gasteiger charge is 2.25. The Bertz CT molecular complexity index is 399. The van der Waals surface area contributed by atoms with Crippen LogP contribution < -0.4 is 5.32 Å². The molecule has 1 atom stereocenters. The monoisotopic (exact) mass is 263 g/mol. The molecule has 1 aromatic carbocycles. The van der Waals surface area contributed by atoms with Crippen LogP contribution in [0.3, 0.4) is 0 Å². The molecule has 0 saturated heterocycles. The van der Waals surface area contributed by atoms with Gasteiger partial charge in [-0.05, 0) is 31.2 Å². The Morgan fingerprint density at radius 3 is 2.42 bits per heavy atom. The molecule has 0 aromatic heterocycles. The van der Waals surface area contributed by atoms with Gasteiger partial charge in [-0.2, -0.15) is 0 Å². The lowest BCUT2D eigenvalue weighted by molar-refractivity contribution is -0.142. The van der Waals surface area contributed by atoms with Crippen molar-refractivity contribution >= 4 is 5.97 Å². The number of carbonyl (C=O) groups is 1. The van der Waals surface area contributed by atoms with E-state index in [1.54, 1.807) is 0 Å². The summed E-state index contributed by atoms with van der Waals surface area (Å²) in [6.07, 6.45) is 2.71. The van der Waals surface area contributed by atoms with Crippen LogP contribution in [-0.2, 0) is 4.79 Å². The summed E-state index contributed by atoms with van der Waals surface area (Å²) in [7, 11) is 0. The van der Waals surface area contributed by atoms with Crippen LogP contribution in [0.2, 0.25) is 0 Å². The number of rotatable bonds is 5. The summed E-state index contributed by atoms with van der Waals surface area (Å²) >= 11 is 0. The maximum absolute atomic E-state index is 10.9. The number of hydrogen-bond acceptors (Lipinski definition) is 3. The summed E-state index contributed by atoms with van der Waals surface area (Å²) in [5, 5.41) is 22.3. The van der Waals surface area contributed by atoms with Gasteiger partial charge in [0.05, 0.1) is 12.0 Å². The van der Waals surface area contributed by atoms with Crippen molar-refractivity contribution in [3.63, 3.8) is 0 Å². The van der Waals surface area contributed by atoms with E-state index in [0.29, 0.717) is 12.6 Å². The minimum atomic E-state index is -0.678. The van der Waals surface area contributed by atoms with Gasteiger partial charge in [-0.25, -0.2) is 0 Å². The third kappa shape index (κ3) is 4.04. The first-order chi connectivity index (χ1) is 9.16. The molecule has 1 aliphatic carbocycles. The fourth-order valence-corrected chi connectivity index (χ4v) is 2.62. The molecule has 0 spiro atoms. The zero-order valence-corrected chi connectivity index (χ0v) is 11.0. The summed E-state index contributed by atoms with van der Waals surface area (Å²) < 4.78 is 0. The molecule has 1 fully saturated rings. The number of aliphatic carboxylic acids is 1. The van der Waals surface area contributed by atoms with E-state index < -0.39 is 12.1 Å². The van der Waals surface area contributed by atoms with Gasteiger partial charge in [0, 0.05) is 12.6 Å². The van der Waals surface area contributed by atoms with Crippen LogP contribution >= 0.6 is 0 Å². The molecular weight excluding hydrogens is 242 g/mol. The highest BCUT2D eigenvalue weighted by molar-refractivity contribution is 5.70. The van der Waals surface area contributed by atoms with Gasteiger partial charge in [-0.3, -0.25) is 4.79 Å². The molecule has 2 rings (SSSR count). The van der Waals surface area contributed by atoms with Crippen LogP contribution in [0.4, 0.5) is 0 Å². The van der Waals surface area contributed by atoms with E-state index in [4.69, 9.17) is 5.11 Å². The van der Waals surface area contributed by atoms with Crippen molar-refractivity contribution in [3.05, 3.63) is 35.9 Å². The van der Waals surface area contributed by atoms with Crippen LogP contribution in [-0.4, -0.2) is 28.8 Å². The zero-order valence-electron chi connectivity index (χ0n) is 11.0. The Balaban J connectivity index is 1.73. The average Bonchev–Trinajstić information content (AvgIpc) is 2.46. The predicted molar refractivity (Wildman–Crippen MR) is 72.8 cm³/mol. The van der Waals surface area contributed by atoms with Crippen molar-refractivity contribution in [2.45, 2.75) is 37.8 Å². The second-order valence-corrected chi connectivity index (χ2v) is 5.22. The lowest BCUT2D eigenvalue weighted by Gasteiger charge is -2.27. The number of benzene rings is 1. The fourth-order valence-electron chi connectivity index (χ4n) is 2.62. The van der Waals surface area contributed by atoms with Crippen LogP contribution in [0, 0.1) is 5.92 Å². The molecule has 0 radical (unpaired) electrons. The lowest BCUT2D eigenvalue weighted by atomic mass is 9.86. The van der Waals surface area contributed by atoms with E-state index >= 15 is 0 Å². The SMILES string of the molecule is O=C(O)C1CCC(NCC(O)c2ccccc2)CC1. The van der Waals surface area contributed by atoms with Crippen LogP contribution in [0.1, 0.15) is 37.4 Å². The van der Waals surface area contributed by atoms with Crippen molar-refractivity contribution in [3.8, 4) is 0 Å². The maximum Gasteiger partial charge on any atom is 0.306 e. The summed E-state index contributed by atoms with van der Waals surface area (Å²) in [5.74, 6) is -0.861. The van der Waals surface area contributed by atoms with E-state index in [1.807, 2.05) is 30.3 Å².